The van der Waals surface area contributed by atoms with E-state index in [1.165, 1.54) is 0 Å². The first kappa shape index (κ1) is 7.80. The minimum absolute atomic E-state index is 0.420. The van der Waals surface area contributed by atoms with Crippen LogP contribution in [0.3, 0.4) is 0 Å². The van der Waals surface area contributed by atoms with E-state index >= 15 is 0 Å². The van der Waals surface area contributed by atoms with Gasteiger partial charge in [0.25, 0.3) is 0 Å². The fourth-order valence-corrected chi connectivity index (χ4v) is 1.26. The summed E-state index contributed by atoms with van der Waals surface area (Å²) in [4.78, 5) is 10.5. The fourth-order valence-electron chi connectivity index (χ4n) is 1.26. The number of carbonyl (C=O) groups is 1. The summed E-state index contributed by atoms with van der Waals surface area (Å²) >= 11 is 0. The maximum absolute atomic E-state index is 10.5. The minimum Gasteiger partial charge on any atom is -0.481 e. The summed E-state index contributed by atoms with van der Waals surface area (Å²) in [6.07, 6.45) is 4.05. The van der Waals surface area contributed by atoms with Crippen LogP contribution in [0.4, 0.5) is 0 Å². The molecule has 11 heavy (non-hydrogen) atoms. The Morgan fingerprint density at radius 3 is 3.00 bits per heavy atom. The molecule has 0 amide bonds. The number of carboxylic acid groups (broad SMARTS) is 1. The molecule has 0 saturated heterocycles. The van der Waals surface area contributed by atoms with E-state index < -0.39 is 11.9 Å². The summed E-state index contributed by atoms with van der Waals surface area (Å²) in [6.45, 7) is 0. The lowest BCUT2D eigenvalue weighted by molar-refractivity contribution is -0.140. The van der Waals surface area contributed by atoms with Crippen LogP contribution in [0.5, 0.6) is 0 Å². The number of hydrogen-bond donors (Lipinski definition) is 1. The van der Waals surface area contributed by atoms with Crippen molar-refractivity contribution in [2.45, 2.75) is 19.3 Å². The van der Waals surface area contributed by atoms with Crippen molar-refractivity contribution in [3.63, 3.8) is 0 Å². The van der Waals surface area contributed by atoms with Crippen LogP contribution >= 0.6 is 0 Å². The zero-order chi connectivity index (χ0) is 8.27. The number of nitriles is 1. The number of rotatable bonds is 1. The van der Waals surface area contributed by atoms with Gasteiger partial charge in [-0.15, -0.1) is 0 Å². The average Bonchev–Trinajstić information content (AvgIpc) is 2.04. The van der Waals surface area contributed by atoms with E-state index in [9.17, 15) is 4.79 Å². The summed E-state index contributed by atoms with van der Waals surface area (Å²) < 4.78 is 0. The number of aliphatic carboxylic acids is 1. The summed E-state index contributed by atoms with van der Waals surface area (Å²) in [7, 11) is 0. The average molecular weight is 151 g/mol. The Balaban J connectivity index is 2.80. The van der Waals surface area contributed by atoms with Crippen LogP contribution in [0.15, 0.2) is 11.6 Å². The van der Waals surface area contributed by atoms with Gasteiger partial charge in [0.2, 0.25) is 0 Å². The molecule has 0 aromatic carbocycles. The lowest BCUT2D eigenvalue weighted by atomic mass is 9.89. The van der Waals surface area contributed by atoms with Gasteiger partial charge in [0, 0.05) is 5.57 Å². The summed E-state index contributed by atoms with van der Waals surface area (Å²) in [6, 6.07) is 1.92. The van der Waals surface area contributed by atoms with Gasteiger partial charge in [0.05, 0.1) is 12.0 Å². The van der Waals surface area contributed by atoms with Gasteiger partial charge in [-0.05, 0) is 19.3 Å². The van der Waals surface area contributed by atoms with Gasteiger partial charge in [-0.25, -0.2) is 0 Å². The van der Waals surface area contributed by atoms with Crippen molar-refractivity contribution in [2.24, 2.45) is 5.92 Å². The Morgan fingerprint density at radius 1 is 1.82 bits per heavy atom. The molecule has 1 atom stereocenters. The molecule has 1 rings (SSSR count). The second-order valence-corrected chi connectivity index (χ2v) is 2.59. The lowest BCUT2D eigenvalue weighted by Gasteiger charge is -2.14. The SMILES string of the molecule is N#CC1=CCCCC1C(=O)O. The normalized spacial score (nSPS) is 23.5. The number of hydrogen-bond acceptors (Lipinski definition) is 2. The van der Waals surface area contributed by atoms with Crippen LogP contribution in [0.25, 0.3) is 0 Å². The quantitative estimate of drug-likeness (QED) is 0.614. The van der Waals surface area contributed by atoms with Gasteiger partial charge in [0.1, 0.15) is 0 Å². The van der Waals surface area contributed by atoms with Crippen molar-refractivity contribution in [2.75, 3.05) is 0 Å². The van der Waals surface area contributed by atoms with Crippen molar-refractivity contribution >= 4 is 5.97 Å². The second-order valence-electron chi connectivity index (χ2n) is 2.59. The number of allylic oxidation sites excluding steroid dienone is 1. The summed E-state index contributed by atoms with van der Waals surface area (Å²) in [5, 5.41) is 17.2. The molecule has 0 saturated carbocycles. The zero-order valence-electron chi connectivity index (χ0n) is 6.08. The van der Waals surface area contributed by atoms with Crippen molar-refractivity contribution in [3.05, 3.63) is 11.6 Å². The highest BCUT2D eigenvalue weighted by Crippen LogP contribution is 2.23. The molecule has 0 aromatic heterocycles. The first-order valence-corrected chi connectivity index (χ1v) is 3.58. The van der Waals surface area contributed by atoms with E-state index in [0.29, 0.717) is 12.0 Å². The summed E-state index contributed by atoms with van der Waals surface area (Å²) in [5.74, 6) is -1.42. The van der Waals surface area contributed by atoms with Gasteiger partial charge in [-0.2, -0.15) is 5.26 Å². The Hall–Kier alpha value is -1.30. The van der Waals surface area contributed by atoms with Crippen LogP contribution in [-0.4, -0.2) is 11.1 Å². The molecule has 0 fully saturated rings. The minimum atomic E-state index is -0.877. The third-order valence-electron chi connectivity index (χ3n) is 1.86. The van der Waals surface area contributed by atoms with Crippen LogP contribution in [-0.2, 0) is 4.79 Å². The third kappa shape index (κ3) is 1.58. The molecule has 0 heterocycles. The molecule has 0 radical (unpaired) electrons. The van der Waals surface area contributed by atoms with E-state index in [4.69, 9.17) is 10.4 Å². The van der Waals surface area contributed by atoms with Crippen molar-refractivity contribution in [3.8, 4) is 6.07 Å². The summed E-state index contributed by atoms with van der Waals surface area (Å²) in [5.41, 5.74) is 0.420. The Labute approximate surface area is 64.9 Å². The van der Waals surface area contributed by atoms with E-state index in [1.54, 1.807) is 6.08 Å². The van der Waals surface area contributed by atoms with Gasteiger partial charge >= 0.3 is 5.97 Å². The van der Waals surface area contributed by atoms with Crippen molar-refractivity contribution < 1.29 is 9.90 Å². The standard InChI is InChI=1S/C8H9NO2/c9-5-6-3-1-2-4-7(6)8(10)11/h3,7H,1-2,4H2,(H,10,11). The van der Waals surface area contributed by atoms with Crippen LogP contribution < -0.4 is 0 Å². The molecular weight excluding hydrogens is 142 g/mol. The molecule has 58 valence electrons. The Kier molecular flexibility index (Phi) is 2.27. The Morgan fingerprint density at radius 2 is 2.55 bits per heavy atom. The number of nitrogens with zero attached hydrogens (tertiary/aromatic N) is 1. The molecule has 3 heteroatoms. The smallest absolute Gasteiger partial charge is 0.311 e. The molecule has 0 aromatic rings. The highest BCUT2D eigenvalue weighted by molar-refractivity contribution is 5.75. The van der Waals surface area contributed by atoms with E-state index in [0.717, 1.165) is 12.8 Å². The van der Waals surface area contributed by atoms with Gasteiger partial charge < -0.3 is 5.11 Å². The second kappa shape index (κ2) is 3.20. The maximum atomic E-state index is 10.5. The van der Waals surface area contributed by atoms with Crippen LogP contribution in [0, 0.1) is 17.2 Å². The molecule has 0 aliphatic heterocycles. The predicted octanol–water partition coefficient (Wildman–Crippen LogP) is 1.32. The predicted molar refractivity (Wildman–Crippen MR) is 38.7 cm³/mol. The van der Waals surface area contributed by atoms with E-state index in [2.05, 4.69) is 0 Å². The third-order valence-corrected chi connectivity index (χ3v) is 1.86. The molecule has 1 N–H and O–H groups in total. The molecule has 1 aliphatic rings. The molecule has 0 bridgehead atoms. The zero-order valence-corrected chi connectivity index (χ0v) is 6.08. The van der Waals surface area contributed by atoms with Crippen molar-refractivity contribution in [1.29, 1.82) is 5.26 Å². The first-order valence-electron chi connectivity index (χ1n) is 3.58. The topological polar surface area (TPSA) is 61.1 Å². The van der Waals surface area contributed by atoms with E-state index in [1.807, 2.05) is 6.07 Å². The molecule has 1 unspecified atom stereocenters. The molecule has 0 spiro atoms. The fraction of sp³-hybridized carbons (Fsp3) is 0.500. The molecule has 3 nitrogen and oxygen atoms in total. The largest absolute Gasteiger partial charge is 0.481 e. The monoisotopic (exact) mass is 151 g/mol. The van der Waals surface area contributed by atoms with Gasteiger partial charge in [0.15, 0.2) is 0 Å². The van der Waals surface area contributed by atoms with Gasteiger partial charge in [-0.3, -0.25) is 4.79 Å². The number of carboxylic acids is 1. The van der Waals surface area contributed by atoms with Gasteiger partial charge in [-0.1, -0.05) is 6.08 Å². The first-order chi connectivity index (χ1) is 5.25. The molecular formula is C8H9NO2. The highest BCUT2D eigenvalue weighted by Gasteiger charge is 2.23. The van der Waals surface area contributed by atoms with Crippen LogP contribution in [0.1, 0.15) is 19.3 Å². The highest BCUT2D eigenvalue weighted by atomic mass is 16.4. The van der Waals surface area contributed by atoms with E-state index in [-0.39, 0.29) is 0 Å². The molecule has 1 aliphatic carbocycles. The van der Waals surface area contributed by atoms with Crippen molar-refractivity contribution in [1.82, 2.24) is 0 Å². The van der Waals surface area contributed by atoms with Crippen LogP contribution in [0.2, 0.25) is 0 Å². The lowest BCUT2D eigenvalue weighted by Crippen LogP contribution is -2.17. The Bertz CT molecular complexity index is 237. The maximum Gasteiger partial charge on any atom is 0.311 e.